The van der Waals surface area contributed by atoms with E-state index in [1.165, 1.54) is 6.08 Å². The van der Waals surface area contributed by atoms with Crippen molar-refractivity contribution in [2.24, 2.45) is 4.99 Å². The number of nitriles is 1. The Balaban J connectivity index is 0.00000352. The van der Waals surface area contributed by atoms with Crippen LogP contribution in [0.25, 0.3) is 0 Å². The lowest BCUT2D eigenvalue weighted by Crippen LogP contribution is -2.38. The standard InChI is InChI=1S/C21H26FN3O.C2H6/c1-5-9-16(10-6-2)19(11-7-3)25(4)21(26)17(15-23)14-18-12-8-13-20(22)24-18;1-2/h5-6,9-10,12,14,19H,1,7-8,11,13H2,2-4H3;1-2H3/b10-6-,16-9+,17-14+;. The molecule has 1 unspecified atom stereocenters. The first-order valence-corrected chi connectivity index (χ1v) is 9.75. The van der Waals surface area contributed by atoms with Crippen molar-refractivity contribution in [2.75, 3.05) is 7.05 Å². The van der Waals surface area contributed by atoms with E-state index in [9.17, 15) is 14.4 Å². The van der Waals surface area contributed by atoms with Gasteiger partial charge in [0.1, 0.15) is 11.6 Å². The first kappa shape index (κ1) is 25.3. The minimum absolute atomic E-state index is 0.0586. The van der Waals surface area contributed by atoms with Gasteiger partial charge in [-0.2, -0.15) is 9.65 Å². The van der Waals surface area contributed by atoms with Gasteiger partial charge in [-0.15, -0.1) is 0 Å². The number of carbonyl (C=O) groups is 1. The van der Waals surface area contributed by atoms with E-state index in [2.05, 4.69) is 11.6 Å². The number of allylic oxidation sites excluding steroid dienone is 5. The molecule has 1 amide bonds. The predicted octanol–water partition coefficient (Wildman–Crippen LogP) is 5.82. The molecule has 1 aliphatic rings. The zero-order valence-corrected chi connectivity index (χ0v) is 17.7. The van der Waals surface area contributed by atoms with Gasteiger partial charge >= 0.3 is 0 Å². The molecule has 0 aromatic carbocycles. The van der Waals surface area contributed by atoms with E-state index in [0.717, 1.165) is 18.4 Å². The summed E-state index contributed by atoms with van der Waals surface area (Å²) < 4.78 is 13.3. The number of likely N-dealkylation sites (N-methyl/N-ethyl adjacent to an activating group) is 1. The van der Waals surface area contributed by atoms with E-state index in [4.69, 9.17) is 0 Å². The van der Waals surface area contributed by atoms with Crippen molar-refractivity contribution in [3.05, 3.63) is 59.9 Å². The number of nitrogens with zero attached hydrogens (tertiary/aromatic N) is 3. The van der Waals surface area contributed by atoms with Crippen LogP contribution in [-0.4, -0.2) is 29.9 Å². The fraction of sp³-hybridized carbons (Fsp3) is 0.435. The second-order valence-corrected chi connectivity index (χ2v) is 5.95. The molecule has 1 atom stereocenters. The van der Waals surface area contributed by atoms with Gasteiger partial charge in [-0.3, -0.25) is 4.79 Å². The summed E-state index contributed by atoms with van der Waals surface area (Å²) in [6, 6.07) is 1.74. The minimum atomic E-state index is -0.481. The quantitative estimate of drug-likeness (QED) is 0.300. The zero-order chi connectivity index (χ0) is 21.5. The molecule has 1 heterocycles. The molecule has 0 saturated heterocycles. The van der Waals surface area contributed by atoms with Crippen LogP contribution in [0.1, 0.15) is 53.4 Å². The Hall–Kier alpha value is -2.74. The monoisotopic (exact) mass is 385 g/mol. The Labute approximate surface area is 169 Å². The smallest absolute Gasteiger partial charge is 0.264 e. The highest BCUT2D eigenvalue weighted by Gasteiger charge is 2.24. The molecule has 0 N–H and O–H groups in total. The number of carbonyl (C=O) groups excluding carboxylic acids is 1. The third-order valence-corrected chi connectivity index (χ3v) is 4.00. The van der Waals surface area contributed by atoms with Crippen LogP contribution in [0.2, 0.25) is 0 Å². The van der Waals surface area contributed by atoms with Gasteiger partial charge in [0.15, 0.2) is 5.97 Å². The van der Waals surface area contributed by atoms with Crippen LogP contribution >= 0.6 is 0 Å². The lowest BCUT2D eigenvalue weighted by Gasteiger charge is -2.29. The number of hydrogen-bond acceptors (Lipinski definition) is 3. The molecule has 0 fully saturated rings. The topological polar surface area (TPSA) is 56.5 Å². The van der Waals surface area contributed by atoms with Gasteiger partial charge in [-0.1, -0.05) is 64.2 Å². The first-order valence-electron chi connectivity index (χ1n) is 9.75. The zero-order valence-electron chi connectivity index (χ0n) is 17.7. The molecular weight excluding hydrogens is 353 g/mol. The summed E-state index contributed by atoms with van der Waals surface area (Å²) in [7, 11) is 1.67. The molecule has 0 saturated carbocycles. The third-order valence-electron chi connectivity index (χ3n) is 4.00. The molecule has 0 spiro atoms. The first-order chi connectivity index (χ1) is 13.5. The maximum absolute atomic E-state index is 13.3. The second-order valence-electron chi connectivity index (χ2n) is 5.95. The van der Waals surface area contributed by atoms with Crippen molar-refractivity contribution in [2.45, 2.75) is 59.4 Å². The van der Waals surface area contributed by atoms with E-state index < -0.39 is 11.9 Å². The fourth-order valence-corrected chi connectivity index (χ4v) is 2.76. The van der Waals surface area contributed by atoms with Crippen LogP contribution in [0, 0.1) is 11.3 Å². The molecular formula is C23H32FN3O. The highest BCUT2D eigenvalue weighted by molar-refractivity contribution is 5.98. The van der Waals surface area contributed by atoms with Crippen molar-refractivity contribution >= 4 is 11.9 Å². The summed E-state index contributed by atoms with van der Waals surface area (Å²) in [6.07, 6.45) is 12.9. The number of rotatable bonds is 8. The van der Waals surface area contributed by atoms with E-state index in [-0.39, 0.29) is 18.0 Å². The van der Waals surface area contributed by atoms with E-state index in [0.29, 0.717) is 12.1 Å². The molecule has 0 aromatic rings. The van der Waals surface area contributed by atoms with Gasteiger partial charge in [0, 0.05) is 13.5 Å². The van der Waals surface area contributed by atoms with Crippen LogP contribution < -0.4 is 0 Å². The van der Waals surface area contributed by atoms with Crippen molar-refractivity contribution in [3.63, 3.8) is 0 Å². The molecule has 0 radical (unpaired) electrons. The molecule has 0 aromatic heterocycles. The molecule has 5 heteroatoms. The number of amides is 1. The predicted molar refractivity (Wildman–Crippen MR) is 115 cm³/mol. The maximum Gasteiger partial charge on any atom is 0.264 e. The highest BCUT2D eigenvalue weighted by atomic mass is 19.1. The van der Waals surface area contributed by atoms with Crippen LogP contribution in [0.15, 0.2) is 64.9 Å². The normalized spacial score (nSPS) is 15.6. The summed E-state index contributed by atoms with van der Waals surface area (Å²) in [5, 5.41) is 9.42. The fourth-order valence-electron chi connectivity index (χ4n) is 2.76. The van der Waals surface area contributed by atoms with E-state index in [1.54, 1.807) is 24.1 Å². The maximum atomic E-state index is 13.3. The Morgan fingerprint density at radius 2 is 2.18 bits per heavy atom. The van der Waals surface area contributed by atoms with Crippen LogP contribution in [0.3, 0.4) is 0 Å². The van der Waals surface area contributed by atoms with Gasteiger partial charge < -0.3 is 4.90 Å². The van der Waals surface area contributed by atoms with Crippen LogP contribution in [0.4, 0.5) is 4.39 Å². The lowest BCUT2D eigenvalue weighted by molar-refractivity contribution is -0.126. The number of hydrogen-bond donors (Lipinski definition) is 0. The number of halogens is 1. The van der Waals surface area contributed by atoms with Gasteiger partial charge in [0.25, 0.3) is 5.91 Å². The Morgan fingerprint density at radius 3 is 2.68 bits per heavy atom. The van der Waals surface area contributed by atoms with Crippen LogP contribution in [-0.2, 0) is 4.79 Å². The lowest BCUT2D eigenvalue weighted by atomic mass is 9.99. The van der Waals surface area contributed by atoms with Gasteiger partial charge in [-0.05, 0) is 31.4 Å². The largest absolute Gasteiger partial charge is 0.334 e. The molecule has 152 valence electrons. The van der Waals surface area contributed by atoms with Gasteiger partial charge in [-0.25, -0.2) is 4.99 Å². The van der Waals surface area contributed by atoms with Gasteiger partial charge in [0.2, 0.25) is 0 Å². The Kier molecular flexibility index (Phi) is 12.9. The molecule has 28 heavy (non-hydrogen) atoms. The van der Waals surface area contributed by atoms with Crippen molar-refractivity contribution in [1.29, 1.82) is 5.26 Å². The highest BCUT2D eigenvalue weighted by Crippen LogP contribution is 2.20. The van der Waals surface area contributed by atoms with Gasteiger partial charge in [0.05, 0.1) is 11.7 Å². The molecule has 0 aliphatic carbocycles. The summed E-state index contributed by atoms with van der Waals surface area (Å²) in [6.45, 7) is 11.7. The summed E-state index contributed by atoms with van der Waals surface area (Å²) in [5.41, 5.74) is 1.20. The van der Waals surface area contributed by atoms with Crippen molar-refractivity contribution in [1.82, 2.24) is 4.90 Å². The van der Waals surface area contributed by atoms with E-state index in [1.807, 2.05) is 52.0 Å². The van der Waals surface area contributed by atoms with Crippen molar-refractivity contribution in [3.8, 4) is 6.07 Å². The average molecular weight is 386 g/mol. The summed E-state index contributed by atoms with van der Waals surface area (Å²) in [4.78, 5) is 18.2. The van der Waals surface area contributed by atoms with Crippen molar-refractivity contribution < 1.29 is 9.18 Å². The molecule has 4 nitrogen and oxygen atoms in total. The summed E-state index contributed by atoms with van der Waals surface area (Å²) >= 11 is 0. The summed E-state index contributed by atoms with van der Waals surface area (Å²) in [5.74, 6) is -0.891. The Morgan fingerprint density at radius 1 is 1.50 bits per heavy atom. The minimum Gasteiger partial charge on any atom is -0.334 e. The molecule has 1 rings (SSSR count). The van der Waals surface area contributed by atoms with E-state index >= 15 is 0 Å². The molecule has 1 aliphatic heterocycles. The third kappa shape index (κ3) is 7.87. The second kappa shape index (κ2) is 14.3. The Bertz CT molecular complexity index is 721. The average Bonchev–Trinajstić information content (AvgIpc) is 2.70. The number of aliphatic imine (C=N–C) groups is 1. The SMILES string of the molecule is C=C/C=C(\C=C/C)C(CCC)N(C)C(=O)/C(C#N)=C/C1=CCCC(F)=N1.CC. The molecule has 0 bridgehead atoms. The van der Waals surface area contributed by atoms with Crippen LogP contribution in [0.5, 0.6) is 0 Å².